The van der Waals surface area contributed by atoms with Gasteiger partial charge in [-0.15, -0.1) is 0 Å². The van der Waals surface area contributed by atoms with Gasteiger partial charge in [-0.1, -0.05) is 0 Å². The van der Waals surface area contributed by atoms with E-state index >= 15 is 0 Å². The summed E-state index contributed by atoms with van der Waals surface area (Å²) in [5, 5.41) is 18.1. The second-order valence-corrected chi connectivity index (χ2v) is 4.62. The van der Waals surface area contributed by atoms with Gasteiger partial charge >= 0.3 is 0 Å². The maximum Gasteiger partial charge on any atom is 0.168 e. The van der Waals surface area contributed by atoms with E-state index in [-0.39, 0.29) is 25.2 Å². The highest BCUT2D eigenvalue weighted by atomic mass is 16.7. The summed E-state index contributed by atoms with van der Waals surface area (Å²) in [6.07, 6.45) is 4.62. The van der Waals surface area contributed by atoms with Gasteiger partial charge in [0.15, 0.2) is 5.79 Å². The summed E-state index contributed by atoms with van der Waals surface area (Å²) < 4.78 is 11.6. The lowest BCUT2D eigenvalue weighted by Crippen LogP contribution is -2.48. The first kappa shape index (κ1) is 11.3. The number of ether oxygens (including phenoxy) is 2. The third-order valence-electron chi connectivity index (χ3n) is 3.44. The van der Waals surface area contributed by atoms with Crippen LogP contribution in [0.15, 0.2) is 0 Å². The molecule has 2 fully saturated rings. The minimum absolute atomic E-state index is 0.0653. The van der Waals surface area contributed by atoms with Crippen LogP contribution in [0.25, 0.3) is 0 Å². The molecule has 0 aromatic rings. The van der Waals surface area contributed by atoms with Crippen LogP contribution in [0, 0.1) is 5.92 Å². The predicted octanol–water partition coefficient (Wildman–Crippen LogP) is 0.663. The van der Waals surface area contributed by atoms with E-state index in [1.165, 1.54) is 0 Å². The molecule has 2 N–H and O–H groups in total. The first-order chi connectivity index (χ1) is 7.28. The number of hydrogen-bond acceptors (Lipinski definition) is 4. The fraction of sp³-hybridized carbons (Fsp3) is 1.00. The summed E-state index contributed by atoms with van der Waals surface area (Å²) in [5.74, 6) is -0.203. The van der Waals surface area contributed by atoms with Crippen molar-refractivity contribution in [2.45, 2.75) is 44.0 Å². The summed E-state index contributed by atoms with van der Waals surface area (Å²) in [6.45, 7) is 0.850. The Labute approximate surface area is 90.2 Å². The molecule has 2 saturated heterocycles. The molecule has 1 spiro atoms. The van der Waals surface area contributed by atoms with Crippen molar-refractivity contribution >= 4 is 0 Å². The minimum atomic E-state index is -0.461. The van der Waals surface area contributed by atoms with E-state index in [2.05, 4.69) is 0 Å². The van der Waals surface area contributed by atoms with E-state index in [1.807, 2.05) is 0 Å². The number of aliphatic hydroxyl groups is 2. The molecule has 88 valence electrons. The molecule has 3 atom stereocenters. The fourth-order valence-electron chi connectivity index (χ4n) is 2.43. The van der Waals surface area contributed by atoms with E-state index in [9.17, 15) is 0 Å². The molecule has 0 bridgehead atoms. The molecule has 4 heteroatoms. The van der Waals surface area contributed by atoms with Gasteiger partial charge in [-0.25, -0.2) is 0 Å². The molecule has 0 aromatic heterocycles. The smallest absolute Gasteiger partial charge is 0.168 e. The van der Waals surface area contributed by atoms with Gasteiger partial charge in [0.25, 0.3) is 0 Å². The third-order valence-corrected chi connectivity index (χ3v) is 3.44. The minimum Gasteiger partial charge on any atom is -0.396 e. The van der Waals surface area contributed by atoms with Gasteiger partial charge in [0, 0.05) is 25.4 Å². The molecule has 0 saturated carbocycles. The molecule has 0 aliphatic carbocycles. The first-order valence-corrected chi connectivity index (χ1v) is 5.81. The summed E-state index contributed by atoms with van der Waals surface area (Å²) in [6, 6.07) is 0. The number of hydrogen-bond donors (Lipinski definition) is 2. The monoisotopic (exact) mass is 216 g/mol. The van der Waals surface area contributed by atoms with Crippen molar-refractivity contribution in [2.75, 3.05) is 19.8 Å². The molecule has 2 rings (SSSR count). The van der Waals surface area contributed by atoms with Gasteiger partial charge < -0.3 is 19.7 Å². The zero-order valence-corrected chi connectivity index (χ0v) is 9.02. The summed E-state index contributed by atoms with van der Waals surface area (Å²) in [5.41, 5.74) is 0. The lowest BCUT2D eigenvalue weighted by molar-refractivity contribution is -0.306. The third kappa shape index (κ3) is 2.50. The molecule has 2 aliphatic heterocycles. The van der Waals surface area contributed by atoms with Crippen LogP contribution < -0.4 is 0 Å². The zero-order chi connectivity index (χ0) is 10.7. The van der Waals surface area contributed by atoms with Crippen LogP contribution in [0.1, 0.15) is 32.1 Å². The predicted molar refractivity (Wildman–Crippen MR) is 54.3 cm³/mol. The molecular formula is C11H20O4. The van der Waals surface area contributed by atoms with Crippen molar-refractivity contribution in [1.29, 1.82) is 0 Å². The van der Waals surface area contributed by atoms with Crippen molar-refractivity contribution in [3.05, 3.63) is 0 Å². The molecule has 2 heterocycles. The van der Waals surface area contributed by atoms with Crippen LogP contribution in [0.5, 0.6) is 0 Å². The van der Waals surface area contributed by atoms with Crippen molar-refractivity contribution in [3.63, 3.8) is 0 Å². The Kier molecular flexibility index (Phi) is 3.61. The summed E-state index contributed by atoms with van der Waals surface area (Å²) >= 11 is 0. The highest BCUT2D eigenvalue weighted by molar-refractivity contribution is 4.83. The van der Waals surface area contributed by atoms with Gasteiger partial charge in [-0.3, -0.25) is 0 Å². The van der Waals surface area contributed by atoms with E-state index in [4.69, 9.17) is 19.7 Å². The van der Waals surface area contributed by atoms with Gasteiger partial charge in [-0.2, -0.15) is 0 Å². The van der Waals surface area contributed by atoms with Crippen molar-refractivity contribution in [1.82, 2.24) is 0 Å². The molecule has 2 aliphatic rings. The topological polar surface area (TPSA) is 58.9 Å². The lowest BCUT2D eigenvalue weighted by atomic mass is 9.91. The van der Waals surface area contributed by atoms with E-state index in [0.29, 0.717) is 6.61 Å². The van der Waals surface area contributed by atoms with Crippen LogP contribution in [0.3, 0.4) is 0 Å². The average Bonchev–Trinajstić information content (AvgIpc) is 2.30. The fourth-order valence-corrected chi connectivity index (χ4v) is 2.43. The highest BCUT2D eigenvalue weighted by Crippen LogP contribution is 2.38. The molecular weight excluding hydrogens is 196 g/mol. The van der Waals surface area contributed by atoms with Gasteiger partial charge in [0.05, 0.1) is 19.3 Å². The standard InChI is InChI=1S/C11H20O4/c12-6-9-3-5-11(14-8-9)4-1-2-10(7-13)15-11/h9-10,12-13H,1-8H2/t9-,10+,11?/m1/s1. The molecule has 15 heavy (non-hydrogen) atoms. The lowest BCUT2D eigenvalue weighted by Gasteiger charge is -2.44. The van der Waals surface area contributed by atoms with Crippen LogP contribution in [0.2, 0.25) is 0 Å². The highest BCUT2D eigenvalue weighted by Gasteiger charge is 2.41. The largest absolute Gasteiger partial charge is 0.396 e. The van der Waals surface area contributed by atoms with Gasteiger partial charge in [-0.05, 0) is 19.3 Å². The quantitative estimate of drug-likeness (QED) is 0.712. The Balaban J connectivity index is 1.90. The van der Waals surface area contributed by atoms with E-state index in [1.54, 1.807) is 0 Å². The number of rotatable bonds is 2. The SMILES string of the molecule is OC[C@H]1CCC2(CCC[C@@H](CO)O2)OC1. The van der Waals surface area contributed by atoms with Crippen molar-refractivity contribution in [2.24, 2.45) is 5.92 Å². The second-order valence-electron chi connectivity index (χ2n) is 4.62. The average molecular weight is 216 g/mol. The van der Waals surface area contributed by atoms with Crippen molar-refractivity contribution in [3.8, 4) is 0 Å². The van der Waals surface area contributed by atoms with Gasteiger partial charge in [0.2, 0.25) is 0 Å². The van der Waals surface area contributed by atoms with Crippen molar-refractivity contribution < 1.29 is 19.7 Å². The molecule has 1 unspecified atom stereocenters. The van der Waals surface area contributed by atoms with E-state index < -0.39 is 5.79 Å². The van der Waals surface area contributed by atoms with E-state index in [0.717, 1.165) is 32.1 Å². The molecule has 4 nitrogen and oxygen atoms in total. The Morgan fingerprint density at radius 1 is 1.13 bits per heavy atom. The van der Waals surface area contributed by atoms with Crippen LogP contribution in [0.4, 0.5) is 0 Å². The van der Waals surface area contributed by atoms with Crippen LogP contribution in [-0.4, -0.2) is 41.9 Å². The van der Waals surface area contributed by atoms with Gasteiger partial charge in [0.1, 0.15) is 0 Å². The summed E-state index contributed by atoms with van der Waals surface area (Å²) in [4.78, 5) is 0. The molecule has 0 radical (unpaired) electrons. The maximum atomic E-state index is 9.08. The normalized spacial score (nSPS) is 42.0. The van der Waals surface area contributed by atoms with Crippen LogP contribution in [-0.2, 0) is 9.47 Å². The number of aliphatic hydroxyl groups excluding tert-OH is 2. The maximum absolute atomic E-state index is 9.08. The second kappa shape index (κ2) is 4.78. The Morgan fingerprint density at radius 3 is 2.60 bits per heavy atom. The first-order valence-electron chi connectivity index (χ1n) is 5.81. The Morgan fingerprint density at radius 2 is 2.00 bits per heavy atom. The zero-order valence-electron chi connectivity index (χ0n) is 9.02. The Hall–Kier alpha value is -0.160. The summed E-state index contributed by atoms with van der Waals surface area (Å²) in [7, 11) is 0. The van der Waals surface area contributed by atoms with Crippen LogP contribution >= 0.6 is 0 Å². The Bertz CT molecular complexity index is 199. The molecule has 0 amide bonds. The molecule has 0 aromatic carbocycles.